The second-order valence-corrected chi connectivity index (χ2v) is 7.65. The van der Waals surface area contributed by atoms with Gasteiger partial charge in [-0.05, 0) is 74.8 Å². The molecule has 1 amide bonds. The van der Waals surface area contributed by atoms with Gasteiger partial charge in [-0.25, -0.2) is 9.98 Å². The number of hydrogen-bond acceptors (Lipinski definition) is 7. The number of benzene rings is 2. The number of aliphatic imine (C=N–C) groups is 1. The van der Waals surface area contributed by atoms with Gasteiger partial charge in [-0.1, -0.05) is 12.1 Å². The first kappa shape index (κ1) is 26.3. The first-order valence-electron chi connectivity index (χ1n) is 10.6. The van der Waals surface area contributed by atoms with Gasteiger partial charge in [-0.15, -0.1) is 0 Å². The highest BCUT2D eigenvalue weighted by molar-refractivity contribution is 5.71. The van der Waals surface area contributed by atoms with Crippen molar-refractivity contribution in [3.05, 3.63) is 71.4 Å². The van der Waals surface area contributed by atoms with Crippen LogP contribution in [0.25, 0.3) is 0 Å². The van der Waals surface area contributed by atoms with Crippen molar-refractivity contribution in [2.75, 3.05) is 33.6 Å². The molecule has 1 N–H and O–H groups in total. The predicted octanol–water partition coefficient (Wildman–Crippen LogP) is 4.63. The molecule has 0 fully saturated rings. The molecule has 0 unspecified atom stereocenters. The van der Waals surface area contributed by atoms with Gasteiger partial charge in [-0.3, -0.25) is 4.79 Å². The lowest BCUT2D eigenvalue weighted by atomic mass is 10.1. The van der Waals surface area contributed by atoms with E-state index in [2.05, 4.69) is 26.9 Å². The number of nitrogens with zero attached hydrogens (tertiary/aromatic N) is 3. The minimum atomic E-state index is 0.350. The smallest absolute Gasteiger partial charge is 0.211 e. The molecule has 0 aliphatic heterocycles. The van der Waals surface area contributed by atoms with E-state index in [4.69, 9.17) is 14.2 Å². The van der Waals surface area contributed by atoms with Crippen molar-refractivity contribution < 1.29 is 19.0 Å². The first-order chi connectivity index (χ1) is 16.4. The molecule has 180 valence electrons. The molecule has 0 aliphatic carbocycles. The molecule has 0 saturated heterocycles. The van der Waals surface area contributed by atoms with Crippen LogP contribution in [-0.2, 0) is 17.9 Å². The molecule has 8 heteroatoms. The normalized spacial score (nSPS) is 10.1. The molecule has 3 rings (SSSR count). The van der Waals surface area contributed by atoms with Crippen LogP contribution in [-0.4, -0.2) is 51.3 Å². The van der Waals surface area contributed by atoms with Gasteiger partial charge >= 0.3 is 0 Å². The topological polar surface area (TPSA) is 85.3 Å². The zero-order valence-electron chi connectivity index (χ0n) is 20.4. The van der Waals surface area contributed by atoms with E-state index in [0.29, 0.717) is 24.6 Å². The zero-order chi connectivity index (χ0) is 24.9. The fourth-order valence-electron chi connectivity index (χ4n) is 3.16. The average Bonchev–Trinajstić information content (AvgIpc) is 2.83. The number of hydrogen-bond donors (Lipinski definition) is 1. The van der Waals surface area contributed by atoms with E-state index < -0.39 is 0 Å². The van der Waals surface area contributed by atoms with Gasteiger partial charge in [0.05, 0.1) is 14.2 Å². The largest absolute Gasteiger partial charge is 0.497 e. The molecule has 0 aliphatic rings. The van der Waals surface area contributed by atoms with Crippen molar-refractivity contribution in [3.63, 3.8) is 0 Å². The molecule has 8 nitrogen and oxygen atoms in total. The Kier molecular flexibility index (Phi) is 10.5. The monoisotopic (exact) mass is 464 g/mol. The van der Waals surface area contributed by atoms with Crippen molar-refractivity contribution in [1.82, 2.24) is 9.88 Å². The number of carbonyl (C=O) groups is 1. The van der Waals surface area contributed by atoms with Crippen LogP contribution in [0.2, 0.25) is 0 Å². The Morgan fingerprint density at radius 1 is 1.06 bits per heavy atom. The van der Waals surface area contributed by atoms with Crippen LogP contribution in [0, 0.1) is 6.92 Å². The second kappa shape index (κ2) is 13.6. The number of amides is 1. The SMILES string of the molecule is C=Nc1ncccc1OCc1cc(CN(C)C)cc(NC=O)c1.COc1ccc(C)c(OC)c1. The maximum Gasteiger partial charge on any atom is 0.211 e. The lowest BCUT2D eigenvalue weighted by Crippen LogP contribution is -2.11. The molecular weight excluding hydrogens is 432 g/mol. The Labute approximate surface area is 201 Å². The number of rotatable bonds is 10. The summed E-state index contributed by atoms with van der Waals surface area (Å²) in [6, 6.07) is 15.2. The Bertz CT molecular complexity index is 1090. The number of pyridine rings is 1. The maximum absolute atomic E-state index is 10.7. The van der Waals surface area contributed by atoms with Gasteiger partial charge in [0.1, 0.15) is 18.1 Å². The van der Waals surface area contributed by atoms with E-state index in [1.165, 1.54) is 0 Å². The van der Waals surface area contributed by atoms with Crippen molar-refractivity contribution in [3.8, 4) is 17.2 Å². The van der Waals surface area contributed by atoms with Crippen LogP contribution in [0.4, 0.5) is 11.5 Å². The summed E-state index contributed by atoms with van der Waals surface area (Å²) in [5.41, 5.74) is 3.90. The van der Waals surface area contributed by atoms with Crippen LogP contribution in [0.15, 0.2) is 59.7 Å². The number of methoxy groups -OCH3 is 2. The molecule has 2 aromatic carbocycles. The molecule has 34 heavy (non-hydrogen) atoms. The highest BCUT2D eigenvalue weighted by Gasteiger charge is 2.06. The second-order valence-electron chi connectivity index (χ2n) is 7.65. The summed E-state index contributed by atoms with van der Waals surface area (Å²) in [6.45, 7) is 6.61. The van der Waals surface area contributed by atoms with Gasteiger partial charge in [0, 0.05) is 24.5 Å². The van der Waals surface area contributed by atoms with Gasteiger partial charge in [0.25, 0.3) is 0 Å². The minimum absolute atomic E-state index is 0.350. The summed E-state index contributed by atoms with van der Waals surface area (Å²) >= 11 is 0. The number of aryl methyl sites for hydroxylation is 1. The molecule has 0 saturated carbocycles. The fraction of sp³-hybridized carbons (Fsp3) is 0.269. The lowest BCUT2D eigenvalue weighted by Gasteiger charge is -2.14. The van der Waals surface area contributed by atoms with Crippen LogP contribution in [0.5, 0.6) is 17.2 Å². The van der Waals surface area contributed by atoms with Crippen molar-refractivity contribution in [2.45, 2.75) is 20.1 Å². The predicted molar refractivity (Wildman–Crippen MR) is 136 cm³/mol. The molecule has 3 aromatic rings. The maximum atomic E-state index is 10.7. The highest BCUT2D eigenvalue weighted by Crippen LogP contribution is 2.25. The Hall–Kier alpha value is -3.91. The summed E-state index contributed by atoms with van der Waals surface area (Å²) < 4.78 is 15.9. The Morgan fingerprint density at radius 3 is 2.47 bits per heavy atom. The minimum Gasteiger partial charge on any atom is -0.497 e. The first-order valence-corrected chi connectivity index (χ1v) is 10.6. The quantitative estimate of drug-likeness (QED) is 0.348. The summed E-state index contributed by atoms with van der Waals surface area (Å²) in [6.07, 6.45) is 2.31. The van der Waals surface area contributed by atoms with E-state index in [1.54, 1.807) is 32.5 Å². The molecule has 0 spiro atoms. The van der Waals surface area contributed by atoms with E-state index in [-0.39, 0.29) is 0 Å². The van der Waals surface area contributed by atoms with E-state index in [9.17, 15) is 4.79 Å². The van der Waals surface area contributed by atoms with Crippen molar-refractivity contribution in [2.24, 2.45) is 4.99 Å². The zero-order valence-corrected chi connectivity index (χ0v) is 20.4. The van der Waals surface area contributed by atoms with Crippen LogP contribution < -0.4 is 19.5 Å². The molecule has 0 radical (unpaired) electrons. The third kappa shape index (κ3) is 8.22. The number of nitrogens with one attached hydrogen (secondary N) is 1. The molecule has 1 aromatic heterocycles. The van der Waals surface area contributed by atoms with Crippen LogP contribution in [0.3, 0.4) is 0 Å². The Morgan fingerprint density at radius 2 is 1.82 bits per heavy atom. The summed E-state index contributed by atoms with van der Waals surface area (Å²) in [5, 5.41) is 2.69. The standard InChI is InChI=1S/C17H20N4O2.C9H12O2/c1-18-17-16(5-4-6-19-17)23-11-14-7-13(10-21(2)3)8-15(9-14)20-12-22;1-7-4-5-8(10-2)6-9(7)11-3/h4-9,12H,1,10-11H2,2-3H3,(H,20,22);4-6H,1-3H3. The van der Waals surface area contributed by atoms with Gasteiger partial charge in [0.2, 0.25) is 6.41 Å². The van der Waals surface area contributed by atoms with Crippen LogP contribution in [0.1, 0.15) is 16.7 Å². The number of ether oxygens (including phenoxy) is 3. The van der Waals surface area contributed by atoms with Gasteiger partial charge < -0.3 is 24.4 Å². The fourth-order valence-corrected chi connectivity index (χ4v) is 3.16. The van der Waals surface area contributed by atoms with Crippen molar-refractivity contribution in [1.29, 1.82) is 0 Å². The molecule has 0 atom stereocenters. The third-order valence-corrected chi connectivity index (χ3v) is 4.69. The molecule has 0 bridgehead atoms. The lowest BCUT2D eigenvalue weighted by molar-refractivity contribution is -0.105. The summed E-state index contributed by atoms with van der Waals surface area (Å²) in [7, 11) is 7.28. The Balaban J connectivity index is 0.000000310. The highest BCUT2D eigenvalue weighted by atomic mass is 16.5. The van der Waals surface area contributed by atoms with E-state index in [1.807, 2.05) is 57.4 Å². The number of carbonyl (C=O) groups excluding carboxylic acids is 1. The summed E-state index contributed by atoms with van der Waals surface area (Å²) in [5.74, 6) is 2.73. The average molecular weight is 465 g/mol. The number of aromatic nitrogens is 1. The van der Waals surface area contributed by atoms with Gasteiger partial charge in [0.15, 0.2) is 11.6 Å². The summed E-state index contributed by atoms with van der Waals surface area (Å²) in [4.78, 5) is 20.7. The van der Waals surface area contributed by atoms with Gasteiger partial charge in [-0.2, -0.15) is 0 Å². The molecular formula is C26H32N4O4. The third-order valence-electron chi connectivity index (χ3n) is 4.69. The molecule has 1 heterocycles. The number of anilines is 1. The van der Waals surface area contributed by atoms with Crippen LogP contribution >= 0.6 is 0 Å². The van der Waals surface area contributed by atoms with Crippen molar-refractivity contribution >= 4 is 24.6 Å². The van der Waals surface area contributed by atoms with E-state index in [0.717, 1.165) is 40.4 Å². The van der Waals surface area contributed by atoms with E-state index >= 15 is 0 Å².